The summed E-state index contributed by atoms with van der Waals surface area (Å²) >= 11 is 0. The van der Waals surface area contributed by atoms with E-state index in [1.165, 1.54) is 0 Å². The highest BCUT2D eigenvalue weighted by molar-refractivity contribution is 5.99. The van der Waals surface area contributed by atoms with Gasteiger partial charge in [0.15, 0.2) is 11.7 Å². The van der Waals surface area contributed by atoms with Crippen LogP contribution in [-0.2, 0) is 10.4 Å². The Morgan fingerprint density at radius 3 is 2.37 bits per heavy atom. The van der Waals surface area contributed by atoms with Gasteiger partial charge in [0.25, 0.3) is 5.91 Å². The van der Waals surface area contributed by atoms with Crippen LogP contribution in [0.2, 0.25) is 0 Å². The van der Waals surface area contributed by atoms with Gasteiger partial charge in [-0.3, -0.25) is 4.79 Å². The fourth-order valence-corrected chi connectivity index (χ4v) is 2.47. The van der Waals surface area contributed by atoms with E-state index in [9.17, 15) is 15.0 Å². The van der Waals surface area contributed by atoms with E-state index in [1.54, 1.807) is 48.5 Å². The average molecular weight is 255 g/mol. The summed E-state index contributed by atoms with van der Waals surface area (Å²) in [4.78, 5) is 11.8. The van der Waals surface area contributed by atoms with Crippen molar-refractivity contribution >= 4 is 11.6 Å². The highest BCUT2D eigenvalue weighted by Gasteiger charge is 2.48. The molecule has 1 amide bonds. The summed E-state index contributed by atoms with van der Waals surface area (Å²) in [5.41, 5.74) is -0.220. The monoisotopic (exact) mass is 255 g/mol. The van der Waals surface area contributed by atoms with E-state index >= 15 is 0 Å². The highest BCUT2D eigenvalue weighted by atomic mass is 16.4. The summed E-state index contributed by atoms with van der Waals surface area (Å²) in [6.07, 6.45) is -1.54. The van der Waals surface area contributed by atoms with Gasteiger partial charge in [-0.15, -0.1) is 0 Å². The molecule has 3 N–H and O–H groups in total. The van der Waals surface area contributed by atoms with Crippen LogP contribution in [0.3, 0.4) is 0 Å². The number of rotatable bonds is 1. The zero-order chi connectivity index (χ0) is 13.5. The predicted octanol–water partition coefficient (Wildman–Crippen LogP) is 1.24. The number of aliphatic hydroxyl groups is 2. The molecule has 0 bridgehead atoms. The first kappa shape index (κ1) is 11.9. The van der Waals surface area contributed by atoms with Crippen LogP contribution in [0.5, 0.6) is 0 Å². The molecule has 4 heteroatoms. The van der Waals surface area contributed by atoms with E-state index < -0.39 is 17.6 Å². The highest BCUT2D eigenvalue weighted by Crippen LogP contribution is 2.40. The normalized spacial score (nSPS) is 25.6. The summed E-state index contributed by atoms with van der Waals surface area (Å²) in [6.45, 7) is 0. The number of nitrogens with one attached hydrogen (secondary N) is 1. The number of anilines is 1. The minimum absolute atomic E-state index is 0.491. The van der Waals surface area contributed by atoms with Crippen LogP contribution >= 0.6 is 0 Å². The van der Waals surface area contributed by atoms with Gasteiger partial charge in [0.1, 0.15) is 0 Å². The van der Waals surface area contributed by atoms with Crippen LogP contribution in [-0.4, -0.2) is 22.2 Å². The molecule has 1 aliphatic rings. The molecule has 0 spiro atoms. The Morgan fingerprint density at radius 2 is 1.63 bits per heavy atom. The smallest absolute Gasteiger partial charge is 0.256 e. The molecule has 2 aromatic carbocycles. The lowest BCUT2D eigenvalue weighted by atomic mass is 9.78. The van der Waals surface area contributed by atoms with Crippen LogP contribution in [0.4, 0.5) is 5.69 Å². The lowest BCUT2D eigenvalue weighted by Gasteiger charge is -2.38. The molecule has 4 nitrogen and oxygen atoms in total. The lowest BCUT2D eigenvalue weighted by Crippen LogP contribution is -2.51. The number of carbonyl (C=O) groups excluding carboxylic acids is 1. The Bertz CT molecular complexity index is 626. The molecule has 0 saturated carbocycles. The summed E-state index contributed by atoms with van der Waals surface area (Å²) in [5, 5.41) is 23.6. The van der Waals surface area contributed by atoms with Crippen LogP contribution in [0, 0.1) is 0 Å². The van der Waals surface area contributed by atoms with Gasteiger partial charge in [0.2, 0.25) is 0 Å². The van der Waals surface area contributed by atoms with Crippen molar-refractivity contribution in [1.82, 2.24) is 0 Å². The largest absolute Gasteiger partial charge is 0.380 e. The number of amides is 1. The standard InChI is InChI=1S/C15H13NO3/c17-13-14(18)16-12-9-5-4-8-11(12)15(13,19)10-6-2-1-3-7-10/h1-9,13,17,19H,(H,16,18)/t13-,15-/m1/s1. The predicted molar refractivity (Wildman–Crippen MR) is 70.5 cm³/mol. The molecule has 1 aliphatic heterocycles. The lowest BCUT2D eigenvalue weighted by molar-refractivity contribution is -0.138. The third kappa shape index (κ3) is 1.65. The fraction of sp³-hybridized carbons (Fsp3) is 0.133. The topological polar surface area (TPSA) is 69.6 Å². The van der Waals surface area contributed by atoms with Gasteiger partial charge in [-0.05, 0) is 11.6 Å². The number of hydrogen-bond acceptors (Lipinski definition) is 3. The third-order valence-electron chi connectivity index (χ3n) is 3.45. The Balaban J connectivity index is 2.26. The first-order valence-electron chi connectivity index (χ1n) is 6.00. The van der Waals surface area contributed by atoms with E-state index in [4.69, 9.17) is 0 Å². The molecule has 96 valence electrons. The third-order valence-corrected chi connectivity index (χ3v) is 3.45. The van der Waals surface area contributed by atoms with Gasteiger partial charge >= 0.3 is 0 Å². The van der Waals surface area contributed by atoms with Crippen molar-refractivity contribution in [3.05, 3.63) is 65.7 Å². The Labute approximate surface area is 110 Å². The quantitative estimate of drug-likeness (QED) is 0.718. The second kappa shape index (κ2) is 4.19. The van der Waals surface area contributed by atoms with Crippen molar-refractivity contribution in [2.24, 2.45) is 0 Å². The number of aliphatic hydroxyl groups excluding tert-OH is 1. The second-order valence-corrected chi connectivity index (χ2v) is 4.57. The van der Waals surface area contributed by atoms with Crippen LogP contribution in [0.25, 0.3) is 0 Å². The van der Waals surface area contributed by atoms with E-state index in [-0.39, 0.29) is 0 Å². The first-order chi connectivity index (χ1) is 9.14. The maximum atomic E-state index is 11.8. The average Bonchev–Trinajstić information content (AvgIpc) is 2.46. The van der Waals surface area contributed by atoms with Crippen LogP contribution in [0.15, 0.2) is 54.6 Å². The van der Waals surface area contributed by atoms with Gasteiger partial charge in [-0.2, -0.15) is 0 Å². The van der Waals surface area contributed by atoms with E-state index in [0.29, 0.717) is 16.8 Å². The van der Waals surface area contributed by atoms with E-state index in [1.807, 2.05) is 6.07 Å². The van der Waals surface area contributed by atoms with E-state index in [0.717, 1.165) is 0 Å². The molecule has 1 heterocycles. The number of para-hydroxylation sites is 1. The molecule has 0 unspecified atom stereocenters. The Morgan fingerprint density at radius 1 is 1.00 bits per heavy atom. The molecular formula is C15H13NO3. The van der Waals surface area contributed by atoms with Gasteiger partial charge < -0.3 is 15.5 Å². The van der Waals surface area contributed by atoms with Gasteiger partial charge in [-0.1, -0.05) is 48.5 Å². The SMILES string of the molecule is O=C1Nc2ccccc2[C@](O)(c2ccccc2)[C@@H]1O. The number of fused-ring (bicyclic) bond motifs is 1. The maximum absolute atomic E-state index is 11.8. The first-order valence-corrected chi connectivity index (χ1v) is 6.00. The molecule has 0 fully saturated rings. The summed E-state index contributed by atoms with van der Waals surface area (Å²) in [5.74, 6) is -0.606. The molecular weight excluding hydrogens is 242 g/mol. The van der Waals surface area contributed by atoms with Crippen molar-refractivity contribution in [2.75, 3.05) is 5.32 Å². The summed E-state index contributed by atoms with van der Waals surface area (Å²) in [6, 6.07) is 15.6. The van der Waals surface area contributed by atoms with E-state index in [2.05, 4.69) is 5.32 Å². The minimum Gasteiger partial charge on any atom is -0.380 e. The minimum atomic E-state index is -1.72. The van der Waals surface area contributed by atoms with Crippen LogP contribution in [0.1, 0.15) is 11.1 Å². The molecule has 0 aliphatic carbocycles. The zero-order valence-electron chi connectivity index (χ0n) is 10.1. The summed E-state index contributed by atoms with van der Waals surface area (Å²) < 4.78 is 0. The molecule has 2 aromatic rings. The molecule has 0 radical (unpaired) electrons. The van der Waals surface area contributed by atoms with Crippen molar-refractivity contribution in [1.29, 1.82) is 0 Å². The molecule has 0 saturated heterocycles. The maximum Gasteiger partial charge on any atom is 0.256 e. The van der Waals surface area contributed by atoms with Crippen molar-refractivity contribution < 1.29 is 15.0 Å². The zero-order valence-corrected chi connectivity index (χ0v) is 10.1. The molecule has 2 atom stereocenters. The van der Waals surface area contributed by atoms with Gasteiger partial charge in [0, 0.05) is 11.3 Å². The number of carbonyl (C=O) groups is 1. The van der Waals surface area contributed by atoms with Crippen molar-refractivity contribution in [3.8, 4) is 0 Å². The molecule has 19 heavy (non-hydrogen) atoms. The van der Waals surface area contributed by atoms with Gasteiger partial charge in [0.05, 0.1) is 0 Å². The number of benzene rings is 2. The molecule has 0 aromatic heterocycles. The second-order valence-electron chi connectivity index (χ2n) is 4.57. The van der Waals surface area contributed by atoms with Gasteiger partial charge in [-0.25, -0.2) is 0 Å². The van der Waals surface area contributed by atoms with Crippen molar-refractivity contribution in [2.45, 2.75) is 11.7 Å². The Kier molecular flexibility index (Phi) is 2.62. The molecule has 3 rings (SSSR count). The van der Waals surface area contributed by atoms with Crippen molar-refractivity contribution in [3.63, 3.8) is 0 Å². The van der Waals surface area contributed by atoms with Crippen LogP contribution < -0.4 is 5.32 Å². The Hall–Kier alpha value is -2.17. The number of hydrogen-bond donors (Lipinski definition) is 3. The fourth-order valence-electron chi connectivity index (χ4n) is 2.47. The summed E-state index contributed by atoms with van der Waals surface area (Å²) in [7, 11) is 0.